The van der Waals surface area contributed by atoms with Crippen molar-refractivity contribution in [2.24, 2.45) is 16.6 Å². The lowest BCUT2D eigenvalue weighted by molar-refractivity contribution is 0.206. The van der Waals surface area contributed by atoms with Crippen LogP contribution in [0, 0.1) is 10.8 Å². The van der Waals surface area contributed by atoms with Crippen LogP contribution in [0.5, 0.6) is 0 Å². The number of likely N-dealkylation sites (tertiary alicyclic amines) is 1. The van der Waals surface area contributed by atoms with E-state index in [1.165, 1.54) is 71.0 Å². The highest BCUT2D eigenvalue weighted by Crippen LogP contribution is 2.46. The van der Waals surface area contributed by atoms with Crippen LogP contribution in [0.2, 0.25) is 0 Å². The largest absolute Gasteiger partial charge is 0.330 e. The summed E-state index contributed by atoms with van der Waals surface area (Å²) in [4.78, 5) is 2.71. The average Bonchev–Trinajstić information content (AvgIpc) is 3.15. The summed E-state index contributed by atoms with van der Waals surface area (Å²) >= 11 is 0. The smallest absolute Gasteiger partial charge is 0.00501 e. The minimum absolute atomic E-state index is 0.518. The summed E-state index contributed by atoms with van der Waals surface area (Å²) in [6.07, 6.45) is 11.1. The highest BCUT2D eigenvalue weighted by Gasteiger charge is 2.42. The molecule has 0 aromatic heterocycles. The Balaban J connectivity index is 1.80. The molecule has 2 aliphatic rings. The molecule has 1 aliphatic carbocycles. The Bertz CT molecular complexity index is 260. The van der Waals surface area contributed by atoms with Crippen molar-refractivity contribution in [3.05, 3.63) is 0 Å². The molecule has 1 saturated heterocycles. The zero-order valence-electron chi connectivity index (χ0n) is 12.5. The van der Waals surface area contributed by atoms with Crippen molar-refractivity contribution in [3.8, 4) is 0 Å². The van der Waals surface area contributed by atoms with Crippen LogP contribution in [0.25, 0.3) is 0 Å². The van der Waals surface area contributed by atoms with Gasteiger partial charge in [0.25, 0.3) is 0 Å². The minimum atomic E-state index is 0.518. The molecule has 1 atom stereocenters. The molecule has 1 heterocycles. The van der Waals surface area contributed by atoms with E-state index in [9.17, 15) is 0 Å². The Morgan fingerprint density at radius 2 is 1.89 bits per heavy atom. The quantitative estimate of drug-likeness (QED) is 0.785. The summed E-state index contributed by atoms with van der Waals surface area (Å²) in [7, 11) is 0. The van der Waals surface area contributed by atoms with Crippen LogP contribution < -0.4 is 5.73 Å². The van der Waals surface area contributed by atoms with Crippen molar-refractivity contribution in [1.29, 1.82) is 0 Å². The van der Waals surface area contributed by atoms with E-state index in [0.717, 1.165) is 6.54 Å². The van der Waals surface area contributed by atoms with Gasteiger partial charge in [0.2, 0.25) is 0 Å². The van der Waals surface area contributed by atoms with Gasteiger partial charge < -0.3 is 10.6 Å². The predicted octanol–water partition coefficient (Wildman–Crippen LogP) is 3.41. The Kier molecular flexibility index (Phi) is 4.71. The molecule has 2 N–H and O–H groups in total. The molecular formula is C16H32N2. The minimum Gasteiger partial charge on any atom is -0.330 e. The molecule has 0 spiro atoms. The first-order chi connectivity index (χ1) is 8.61. The van der Waals surface area contributed by atoms with Crippen LogP contribution >= 0.6 is 0 Å². The average molecular weight is 252 g/mol. The zero-order chi connectivity index (χ0) is 13.1. The van der Waals surface area contributed by atoms with Crippen molar-refractivity contribution < 1.29 is 0 Å². The third kappa shape index (κ3) is 3.71. The highest BCUT2D eigenvalue weighted by molar-refractivity contribution is 4.97. The van der Waals surface area contributed by atoms with E-state index in [4.69, 9.17) is 5.73 Å². The first-order valence-electron chi connectivity index (χ1n) is 8.04. The van der Waals surface area contributed by atoms with Crippen molar-refractivity contribution in [3.63, 3.8) is 0 Å². The van der Waals surface area contributed by atoms with E-state index in [0.29, 0.717) is 10.8 Å². The summed E-state index contributed by atoms with van der Waals surface area (Å²) in [6, 6.07) is 0. The second-order valence-electron chi connectivity index (χ2n) is 7.25. The Morgan fingerprint density at radius 1 is 1.11 bits per heavy atom. The van der Waals surface area contributed by atoms with Crippen LogP contribution in [-0.2, 0) is 0 Å². The maximum Gasteiger partial charge on any atom is 0.00501 e. The lowest BCUT2D eigenvalue weighted by Gasteiger charge is -2.29. The van der Waals surface area contributed by atoms with Crippen molar-refractivity contribution in [2.75, 3.05) is 26.2 Å². The molecule has 2 nitrogen and oxygen atoms in total. The van der Waals surface area contributed by atoms with E-state index in [1.807, 2.05) is 0 Å². The van der Waals surface area contributed by atoms with E-state index in [2.05, 4.69) is 18.7 Å². The maximum absolute atomic E-state index is 5.92. The Morgan fingerprint density at radius 3 is 2.50 bits per heavy atom. The van der Waals surface area contributed by atoms with E-state index >= 15 is 0 Å². The topological polar surface area (TPSA) is 29.3 Å². The molecule has 1 saturated carbocycles. The molecular weight excluding hydrogens is 220 g/mol. The van der Waals surface area contributed by atoms with Gasteiger partial charge in [0, 0.05) is 6.54 Å². The van der Waals surface area contributed by atoms with Crippen LogP contribution in [0.3, 0.4) is 0 Å². The molecule has 0 amide bonds. The third-order valence-electron chi connectivity index (χ3n) is 5.37. The van der Waals surface area contributed by atoms with Gasteiger partial charge in [0.05, 0.1) is 0 Å². The molecule has 1 unspecified atom stereocenters. The lowest BCUT2D eigenvalue weighted by Crippen LogP contribution is -2.35. The standard InChI is InChI=1S/C16H32N2/c1-3-4-6-15(2)7-5-11-18(12-10-15)14-16(13-17)8-9-16/h3-14,17H2,1-2H3. The molecule has 106 valence electrons. The van der Waals surface area contributed by atoms with Crippen molar-refractivity contribution in [2.45, 2.75) is 65.2 Å². The number of nitrogens with two attached hydrogens (primary N) is 1. The second-order valence-corrected chi connectivity index (χ2v) is 7.25. The molecule has 0 aromatic carbocycles. The summed E-state index contributed by atoms with van der Waals surface area (Å²) in [5.41, 5.74) is 7.05. The fraction of sp³-hybridized carbons (Fsp3) is 1.00. The van der Waals surface area contributed by atoms with Crippen LogP contribution in [0.4, 0.5) is 0 Å². The number of unbranched alkanes of at least 4 members (excludes halogenated alkanes) is 1. The maximum atomic E-state index is 5.92. The van der Waals surface area contributed by atoms with Gasteiger partial charge in [-0.15, -0.1) is 0 Å². The van der Waals surface area contributed by atoms with Gasteiger partial charge in [-0.25, -0.2) is 0 Å². The summed E-state index contributed by atoms with van der Waals surface area (Å²) in [6.45, 7) is 9.61. The normalized spacial score (nSPS) is 32.2. The van der Waals surface area contributed by atoms with Crippen LogP contribution in [-0.4, -0.2) is 31.1 Å². The van der Waals surface area contributed by atoms with E-state index in [1.54, 1.807) is 0 Å². The monoisotopic (exact) mass is 252 g/mol. The molecule has 2 fully saturated rings. The number of hydrogen-bond acceptors (Lipinski definition) is 2. The fourth-order valence-electron chi connectivity index (χ4n) is 3.48. The number of hydrogen-bond donors (Lipinski definition) is 1. The molecule has 0 bridgehead atoms. The van der Waals surface area contributed by atoms with Crippen LogP contribution in [0.15, 0.2) is 0 Å². The summed E-state index contributed by atoms with van der Waals surface area (Å²) in [5.74, 6) is 0. The number of rotatable bonds is 6. The molecule has 0 aromatic rings. The molecule has 2 rings (SSSR count). The predicted molar refractivity (Wildman–Crippen MR) is 78.6 cm³/mol. The van der Waals surface area contributed by atoms with Crippen molar-refractivity contribution >= 4 is 0 Å². The Hall–Kier alpha value is -0.0800. The van der Waals surface area contributed by atoms with Gasteiger partial charge in [-0.1, -0.05) is 26.7 Å². The van der Waals surface area contributed by atoms with Crippen LogP contribution in [0.1, 0.15) is 65.2 Å². The zero-order valence-corrected chi connectivity index (χ0v) is 12.5. The summed E-state index contributed by atoms with van der Waals surface area (Å²) < 4.78 is 0. The Labute approximate surface area is 113 Å². The fourth-order valence-corrected chi connectivity index (χ4v) is 3.48. The van der Waals surface area contributed by atoms with Gasteiger partial charge in [-0.05, 0) is 69.0 Å². The van der Waals surface area contributed by atoms with Gasteiger partial charge >= 0.3 is 0 Å². The SMILES string of the molecule is CCCCC1(C)CCCN(CC2(CN)CC2)CC1. The molecule has 0 radical (unpaired) electrons. The first kappa shape index (κ1) is 14.3. The number of nitrogens with zero attached hydrogens (tertiary/aromatic N) is 1. The highest BCUT2D eigenvalue weighted by atomic mass is 15.1. The van der Waals surface area contributed by atoms with Crippen molar-refractivity contribution in [1.82, 2.24) is 4.90 Å². The molecule has 1 aliphatic heterocycles. The van der Waals surface area contributed by atoms with E-state index < -0.39 is 0 Å². The summed E-state index contributed by atoms with van der Waals surface area (Å²) in [5, 5.41) is 0. The molecule has 2 heteroatoms. The molecule has 18 heavy (non-hydrogen) atoms. The van der Waals surface area contributed by atoms with Gasteiger partial charge in [0.1, 0.15) is 0 Å². The first-order valence-corrected chi connectivity index (χ1v) is 8.04. The van der Waals surface area contributed by atoms with Gasteiger partial charge in [0.15, 0.2) is 0 Å². The van der Waals surface area contributed by atoms with Gasteiger partial charge in [-0.2, -0.15) is 0 Å². The lowest BCUT2D eigenvalue weighted by atomic mass is 9.78. The third-order valence-corrected chi connectivity index (χ3v) is 5.37. The second kappa shape index (κ2) is 5.92. The van der Waals surface area contributed by atoms with Gasteiger partial charge in [-0.3, -0.25) is 0 Å². The van der Waals surface area contributed by atoms with E-state index in [-0.39, 0.29) is 0 Å².